The fourth-order valence-corrected chi connectivity index (χ4v) is 3.40. The van der Waals surface area contributed by atoms with E-state index in [1.807, 2.05) is 42.6 Å². The van der Waals surface area contributed by atoms with Crippen LogP contribution in [-0.4, -0.2) is 60.2 Å². The van der Waals surface area contributed by atoms with Crippen molar-refractivity contribution in [3.63, 3.8) is 0 Å². The quantitative estimate of drug-likeness (QED) is 0.588. The van der Waals surface area contributed by atoms with Gasteiger partial charge in [-0.25, -0.2) is 4.98 Å². The van der Waals surface area contributed by atoms with Crippen molar-refractivity contribution in [3.8, 4) is 0 Å². The number of pyridine rings is 1. The maximum absolute atomic E-state index is 12.4. The lowest BCUT2D eigenvalue weighted by atomic mass is 10.1. The molecule has 1 aromatic carbocycles. The molecule has 146 valence electrons. The van der Waals surface area contributed by atoms with Crippen molar-refractivity contribution in [2.24, 2.45) is 0 Å². The molecule has 1 saturated heterocycles. The van der Waals surface area contributed by atoms with E-state index in [1.165, 1.54) is 0 Å². The van der Waals surface area contributed by atoms with Gasteiger partial charge in [-0.1, -0.05) is 18.2 Å². The minimum absolute atomic E-state index is 0.0559. The standard InChI is InChI=1S/C21H25N5O2/c27-21(13-16-14-23-19-4-2-1-3-18(16)19)25-17-5-6-20(24-15-17)22-7-8-26-9-11-28-12-10-26/h1-6,14-15,23H,7-13H2,(H,22,24)(H,25,27). The van der Waals surface area contributed by atoms with Crippen molar-refractivity contribution in [1.29, 1.82) is 0 Å². The summed E-state index contributed by atoms with van der Waals surface area (Å²) < 4.78 is 5.35. The van der Waals surface area contributed by atoms with E-state index in [1.54, 1.807) is 6.20 Å². The summed E-state index contributed by atoms with van der Waals surface area (Å²) >= 11 is 0. The third-order valence-corrected chi connectivity index (χ3v) is 4.91. The van der Waals surface area contributed by atoms with E-state index in [0.29, 0.717) is 12.1 Å². The molecule has 4 rings (SSSR count). The van der Waals surface area contributed by atoms with Gasteiger partial charge in [-0.3, -0.25) is 9.69 Å². The van der Waals surface area contributed by atoms with E-state index in [0.717, 1.165) is 61.7 Å². The number of ether oxygens (including phenoxy) is 1. The van der Waals surface area contributed by atoms with Gasteiger partial charge in [-0.05, 0) is 23.8 Å². The summed E-state index contributed by atoms with van der Waals surface area (Å²) in [6.07, 6.45) is 3.90. The summed E-state index contributed by atoms with van der Waals surface area (Å²) in [5, 5.41) is 7.31. The lowest BCUT2D eigenvalue weighted by Gasteiger charge is -2.26. The number of carbonyl (C=O) groups is 1. The van der Waals surface area contributed by atoms with Gasteiger partial charge in [0.15, 0.2) is 0 Å². The third-order valence-electron chi connectivity index (χ3n) is 4.91. The number of nitrogens with zero attached hydrogens (tertiary/aromatic N) is 2. The molecule has 0 atom stereocenters. The molecule has 7 nitrogen and oxygen atoms in total. The van der Waals surface area contributed by atoms with Crippen LogP contribution in [0.15, 0.2) is 48.8 Å². The number of rotatable bonds is 7. The predicted molar refractivity (Wildman–Crippen MR) is 111 cm³/mol. The first-order valence-corrected chi connectivity index (χ1v) is 9.63. The molecule has 0 saturated carbocycles. The Bertz CT molecular complexity index is 916. The molecule has 0 bridgehead atoms. The van der Waals surface area contributed by atoms with E-state index >= 15 is 0 Å². The zero-order valence-electron chi connectivity index (χ0n) is 15.8. The van der Waals surface area contributed by atoms with Crippen LogP contribution in [0.3, 0.4) is 0 Å². The number of aromatic nitrogens is 2. The Morgan fingerprint density at radius 3 is 2.86 bits per heavy atom. The topological polar surface area (TPSA) is 82.3 Å². The fraction of sp³-hybridized carbons (Fsp3) is 0.333. The first-order valence-electron chi connectivity index (χ1n) is 9.63. The first kappa shape index (κ1) is 18.5. The van der Waals surface area contributed by atoms with Gasteiger partial charge in [0, 0.05) is 43.3 Å². The number of aromatic amines is 1. The first-order chi connectivity index (χ1) is 13.8. The number of amides is 1. The summed E-state index contributed by atoms with van der Waals surface area (Å²) in [4.78, 5) is 22.3. The van der Waals surface area contributed by atoms with Crippen LogP contribution < -0.4 is 10.6 Å². The number of H-pyrrole nitrogens is 1. The zero-order chi connectivity index (χ0) is 19.2. The van der Waals surface area contributed by atoms with Crippen LogP contribution in [-0.2, 0) is 16.0 Å². The van der Waals surface area contributed by atoms with Gasteiger partial charge in [-0.2, -0.15) is 0 Å². The van der Waals surface area contributed by atoms with Gasteiger partial charge in [0.1, 0.15) is 5.82 Å². The molecule has 1 fully saturated rings. The smallest absolute Gasteiger partial charge is 0.228 e. The number of anilines is 2. The van der Waals surface area contributed by atoms with Gasteiger partial charge >= 0.3 is 0 Å². The molecule has 0 aliphatic carbocycles. The molecule has 7 heteroatoms. The van der Waals surface area contributed by atoms with E-state index in [4.69, 9.17) is 4.74 Å². The maximum atomic E-state index is 12.4. The summed E-state index contributed by atoms with van der Waals surface area (Å²) in [5.74, 6) is 0.752. The van der Waals surface area contributed by atoms with Crippen LogP contribution in [0.2, 0.25) is 0 Å². The highest BCUT2D eigenvalue weighted by Crippen LogP contribution is 2.18. The average Bonchev–Trinajstić information content (AvgIpc) is 3.13. The Morgan fingerprint density at radius 1 is 1.18 bits per heavy atom. The highest BCUT2D eigenvalue weighted by Gasteiger charge is 2.10. The number of para-hydroxylation sites is 1. The number of hydrogen-bond donors (Lipinski definition) is 3. The Morgan fingerprint density at radius 2 is 2.04 bits per heavy atom. The van der Waals surface area contributed by atoms with Gasteiger partial charge in [0.2, 0.25) is 5.91 Å². The molecule has 1 amide bonds. The Hall–Kier alpha value is -2.90. The van der Waals surface area contributed by atoms with Crippen molar-refractivity contribution < 1.29 is 9.53 Å². The highest BCUT2D eigenvalue weighted by atomic mass is 16.5. The second kappa shape index (κ2) is 8.86. The van der Waals surface area contributed by atoms with Crippen molar-refractivity contribution in [3.05, 3.63) is 54.4 Å². The molecule has 1 aliphatic rings. The Kier molecular flexibility index (Phi) is 5.84. The number of carbonyl (C=O) groups excluding carboxylic acids is 1. The summed E-state index contributed by atoms with van der Waals surface area (Å²) in [5.41, 5.74) is 2.73. The minimum Gasteiger partial charge on any atom is -0.379 e. The van der Waals surface area contributed by atoms with E-state index in [-0.39, 0.29) is 5.91 Å². The maximum Gasteiger partial charge on any atom is 0.228 e. The van der Waals surface area contributed by atoms with E-state index in [2.05, 4.69) is 25.5 Å². The Labute approximate surface area is 164 Å². The predicted octanol–water partition coefficient (Wildman–Crippen LogP) is 2.49. The van der Waals surface area contributed by atoms with Crippen LogP contribution in [0.1, 0.15) is 5.56 Å². The monoisotopic (exact) mass is 379 g/mol. The average molecular weight is 379 g/mol. The van der Waals surface area contributed by atoms with Crippen LogP contribution >= 0.6 is 0 Å². The number of fused-ring (bicyclic) bond motifs is 1. The second-order valence-corrected chi connectivity index (χ2v) is 6.90. The lowest BCUT2D eigenvalue weighted by molar-refractivity contribution is -0.115. The van der Waals surface area contributed by atoms with Crippen molar-refractivity contribution >= 4 is 28.3 Å². The van der Waals surface area contributed by atoms with Crippen molar-refractivity contribution in [1.82, 2.24) is 14.9 Å². The van der Waals surface area contributed by atoms with Crippen molar-refractivity contribution in [2.45, 2.75) is 6.42 Å². The molecule has 2 aromatic heterocycles. The molecular formula is C21H25N5O2. The zero-order valence-corrected chi connectivity index (χ0v) is 15.8. The summed E-state index contributed by atoms with van der Waals surface area (Å²) in [6.45, 7) is 5.39. The molecule has 0 radical (unpaired) electrons. The molecular weight excluding hydrogens is 354 g/mol. The van der Waals surface area contributed by atoms with Crippen LogP contribution in [0.25, 0.3) is 10.9 Å². The molecule has 1 aliphatic heterocycles. The molecule has 3 N–H and O–H groups in total. The normalized spacial score (nSPS) is 14.9. The molecule has 28 heavy (non-hydrogen) atoms. The number of morpholine rings is 1. The lowest BCUT2D eigenvalue weighted by Crippen LogP contribution is -2.39. The number of nitrogens with one attached hydrogen (secondary N) is 3. The minimum atomic E-state index is -0.0559. The van der Waals surface area contributed by atoms with Gasteiger partial charge < -0.3 is 20.4 Å². The number of benzene rings is 1. The summed E-state index contributed by atoms with van der Waals surface area (Å²) in [6, 6.07) is 11.7. The van der Waals surface area contributed by atoms with E-state index < -0.39 is 0 Å². The molecule has 3 heterocycles. The molecule has 0 unspecified atom stereocenters. The third kappa shape index (κ3) is 4.68. The van der Waals surface area contributed by atoms with Crippen LogP contribution in [0.5, 0.6) is 0 Å². The molecule has 0 spiro atoms. The van der Waals surface area contributed by atoms with Gasteiger partial charge in [0.05, 0.1) is 31.5 Å². The van der Waals surface area contributed by atoms with Gasteiger partial charge in [0.25, 0.3) is 0 Å². The largest absolute Gasteiger partial charge is 0.379 e. The second-order valence-electron chi connectivity index (χ2n) is 6.90. The van der Waals surface area contributed by atoms with Crippen LogP contribution in [0.4, 0.5) is 11.5 Å². The number of hydrogen-bond acceptors (Lipinski definition) is 5. The fourth-order valence-electron chi connectivity index (χ4n) is 3.40. The van der Waals surface area contributed by atoms with Crippen molar-refractivity contribution in [2.75, 3.05) is 50.0 Å². The highest BCUT2D eigenvalue weighted by molar-refractivity contribution is 5.95. The van der Waals surface area contributed by atoms with Crippen LogP contribution in [0, 0.1) is 0 Å². The summed E-state index contributed by atoms with van der Waals surface area (Å²) in [7, 11) is 0. The van der Waals surface area contributed by atoms with Gasteiger partial charge in [-0.15, -0.1) is 0 Å². The SMILES string of the molecule is O=C(Cc1c[nH]c2ccccc12)Nc1ccc(NCCN2CCOCC2)nc1. The van der Waals surface area contributed by atoms with E-state index in [9.17, 15) is 4.79 Å². The molecule has 3 aromatic rings. The Balaban J connectivity index is 1.26.